The van der Waals surface area contributed by atoms with E-state index in [1.54, 1.807) is 16.2 Å². The fourth-order valence-corrected chi connectivity index (χ4v) is 3.81. The highest BCUT2D eigenvalue weighted by molar-refractivity contribution is 7.22. The van der Waals surface area contributed by atoms with Gasteiger partial charge in [0.2, 0.25) is 0 Å². The highest BCUT2D eigenvalue weighted by Crippen LogP contribution is 2.31. The van der Waals surface area contributed by atoms with Gasteiger partial charge in [-0.15, -0.1) is 0 Å². The second-order valence-corrected chi connectivity index (χ2v) is 7.94. The number of piperazine rings is 1. The van der Waals surface area contributed by atoms with Crippen LogP contribution in [0.5, 0.6) is 0 Å². The number of hydrogen-bond donors (Lipinski definition) is 0. The summed E-state index contributed by atoms with van der Waals surface area (Å²) in [4.78, 5) is 21.0. The fourth-order valence-electron chi connectivity index (χ4n) is 2.72. The predicted octanol–water partition coefficient (Wildman–Crippen LogP) is 3.74. The number of benzene rings is 1. The van der Waals surface area contributed by atoms with E-state index in [2.05, 4.69) is 17.9 Å². The zero-order valence-electron chi connectivity index (χ0n) is 14.1. The average Bonchev–Trinajstić information content (AvgIpc) is 2.88. The van der Waals surface area contributed by atoms with E-state index in [0.29, 0.717) is 13.1 Å². The summed E-state index contributed by atoms with van der Waals surface area (Å²) in [5, 5.41) is 1.03. The minimum atomic E-state index is -0.454. The van der Waals surface area contributed by atoms with Crippen molar-refractivity contribution < 1.29 is 9.53 Å². The van der Waals surface area contributed by atoms with Crippen molar-refractivity contribution >= 4 is 32.8 Å². The van der Waals surface area contributed by atoms with E-state index in [4.69, 9.17) is 9.72 Å². The number of hydrogen-bond acceptors (Lipinski definition) is 5. The van der Waals surface area contributed by atoms with Gasteiger partial charge in [-0.2, -0.15) is 0 Å². The first-order chi connectivity index (χ1) is 10.8. The van der Waals surface area contributed by atoms with Gasteiger partial charge in [0.1, 0.15) is 5.60 Å². The summed E-state index contributed by atoms with van der Waals surface area (Å²) in [7, 11) is 0. The molecule has 1 atom stereocenters. The number of aromatic nitrogens is 1. The highest BCUT2D eigenvalue weighted by Gasteiger charge is 2.31. The van der Waals surface area contributed by atoms with Gasteiger partial charge in [-0.1, -0.05) is 23.5 Å². The molecule has 124 valence electrons. The Hall–Kier alpha value is -1.82. The lowest BCUT2D eigenvalue weighted by Gasteiger charge is -2.40. The fraction of sp³-hybridized carbons (Fsp3) is 0.529. The third-order valence-electron chi connectivity index (χ3n) is 3.81. The molecule has 1 saturated heterocycles. The zero-order valence-corrected chi connectivity index (χ0v) is 14.9. The van der Waals surface area contributed by atoms with E-state index in [1.807, 2.05) is 39.0 Å². The van der Waals surface area contributed by atoms with Gasteiger partial charge in [0.15, 0.2) is 5.13 Å². The second kappa shape index (κ2) is 6.00. The summed E-state index contributed by atoms with van der Waals surface area (Å²) in [6.45, 7) is 9.91. The van der Waals surface area contributed by atoms with Gasteiger partial charge in [-0.3, -0.25) is 0 Å². The van der Waals surface area contributed by atoms with Crippen molar-refractivity contribution in [1.82, 2.24) is 9.88 Å². The molecule has 0 unspecified atom stereocenters. The second-order valence-electron chi connectivity index (χ2n) is 6.93. The molecular formula is C17H23N3O2S. The van der Waals surface area contributed by atoms with Gasteiger partial charge in [-0.05, 0) is 39.8 Å². The number of carbonyl (C=O) groups is 1. The van der Waals surface area contributed by atoms with Crippen LogP contribution in [0.3, 0.4) is 0 Å². The van der Waals surface area contributed by atoms with Crippen molar-refractivity contribution in [1.29, 1.82) is 0 Å². The standard InChI is InChI=1S/C17H23N3O2S/c1-12-11-19(16(21)22-17(2,3)4)9-10-20(12)15-18-13-7-5-6-8-14(13)23-15/h5-8,12H,9-11H2,1-4H3/t12-/m1/s1. The minimum Gasteiger partial charge on any atom is -0.444 e. The Labute approximate surface area is 140 Å². The SMILES string of the molecule is C[C@@H]1CN(C(=O)OC(C)(C)C)CCN1c1nc2ccccc2s1. The molecule has 0 N–H and O–H groups in total. The van der Waals surface area contributed by atoms with E-state index >= 15 is 0 Å². The van der Waals surface area contributed by atoms with E-state index in [-0.39, 0.29) is 12.1 Å². The van der Waals surface area contributed by atoms with Crippen LogP contribution < -0.4 is 4.90 Å². The summed E-state index contributed by atoms with van der Waals surface area (Å²) >= 11 is 1.71. The molecule has 2 aromatic rings. The van der Waals surface area contributed by atoms with Gasteiger partial charge in [-0.25, -0.2) is 9.78 Å². The van der Waals surface area contributed by atoms with Crippen LogP contribution in [0.1, 0.15) is 27.7 Å². The monoisotopic (exact) mass is 333 g/mol. The first-order valence-electron chi connectivity index (χ1n) is 7.93. The summed E-state index contributed by atoms with van der Waals surface area (Å²) in [5.74, 6) is 0. The van der Waals surface area contributed by atoms with Crippen LogP contribution in [-0.2, 0) is 4.74 Å². The lowest BCUT2D eigenvalue weighted by molar-refractivity contribution is 0.0219. The predicted molar refractivity (Wildman–Crippen MR) is 94.2 cm³/mol. The van der Waals surface area contributed by atoms with Gasteiger partial charge < -0.3 is 14.5 Å². The number of ether oxygens (including phenoxy) is 1. The van der Waals surface area contributed by atoms with Crippen LogP contribution in [0.4, 0.5) is 9.93 Å². The van der Waals surface area contributed by atoms with Crippen molar-refractivity contribution in [3.8, 4) is 0 Å². The number of rotatable bonds is 1. The summed E-state index contributed by atoms with van der Waals surface area (Å²) in [6, 6.07) is 8.40. The number of amides is 1. The van der Waals surface area contributed by atoms with Gasteiger partial charge in [0.05, 0.1) is 10.2 Å². The number of carbonyl (C=O) groups excluding carboxylic acids is 1. The highest BCUT2D eigenvalue weighted by atomic mass is 32.1. The van der Waals surface area contributed by atoms with Crippen LogP contribution in [0.15, 0.2) is 24.3 Å². The van der Waals surface area contributed by atoms with E-state index < -0.39 is 5.60 Å². The average molecular weight is 333 g/mol. The molecule has 0 saturated carbocycles. The van der Waals surface area contributed by atoms with Crippen LogP contribution >= 0.6 is 11.3 Å². The maximum absolute atomic E-state index is 12.2. The number of anilines is 1. The number of fused-ring (bicyclic) bond motifs is 1. The lowest BCUT2D eigenvalue weighted by atomic mass is 10.2. The molecule has 5 nitrogen and oxygen atoms in total. The summed E-state index contributed by atoms with van der Waals surface area (Å²) < 4.78 is 6.67. The maximum atomic E-state index is 12.2. The molecule has 1 aliphatic rings. The van der Waals surface area contributed by atoms with Gasteiger partial charge in [0.25, 0.3) is 0 Å². The van der Waals surface area contributed by atoms with Crippen LogP contribution in [0, 0.1) is 0 Å². The number of para-hydroxylation sites is 1. The quantitative estimate of drug-likeness (QED) is 0.797. The first kappa shape index (κ1) is 16.1. The van der Waals surface area contributed by atoms with Crippen molar-refractivity contribution in [2.24, 2.45) is 0 Å². The molecule has 0 spiro atoms. The van der Waals surface area contributed by atoms with Gasteiger partial charge in [0, 0.05) is 25.7 Å². The molecule has 6 heteroatoms. The molecule has 1 fully saturated rings. The Kier molecular flexibility index (Phi) is 4.19. The molecule has 1 aromatic carbocycles. The first-order valence-corrected chi connectivity index (χ1v) is 8.75. The van der Waals surface area contributed by atoms with Crippen molar-refractivity contribution in [2.45, 2.75) is 39.3 Å². The van der Waals surface area contributed by atoms with Crippen molar-refractivity contribution in [2.75, 3.05) is 24.5 Å². The van der Waals surface area contributed by atoms with Crippen LogP contribution in [0.2, 0.25) is 0 Å². The molecule has 1 amide bonds. The van der Waals surface area contributed by atoms with E-state index in [0.717, 1.165) is 17.2 Å². The number of nitrogens with zero attached hydrogens (tertiary/aromatic N) is 3. The Balaban J connectivity index is 1.70. The lowest BCUT2D eigenvalue weighted by Crippen LogP contribution is -2.54. The normalized spacial score (nSPS) is 19.2. The largest absolute Gasteiger partial charge is 0.444 e. The Bertz CT molecular complexity index is 674. The maximum Gasteiger partial charge on any atom is 0.410 e. The number of thiazole rings is 1. The van der Waals surface area contributed by atoms with E-state index in [9.17, 15) is 4.79 Å². The molecule has 2 heterocycles. The third-order valence-corrected chi connectivity index (χ3v) is 4.88. The van der Waals surface area contributed by atoms with Gasteiger partial charge >= 0.3 is 6.09 Å². The molecule has 0 aliphatic carbocycles. The Morgan fingerprint density at radius 3 is 2.70 bits per heavy atom. The summed E-state index contributed by atoms with van der Waals surface area (Å²) in [5.41, 5.74) is 0.582. The molecule has 1 aromatic heterocycles. The van der Waals surface area contributed by atoms with E-state index in [1.165, 1.54) is 4.70 Å². The Morgan fingerprint density at radius 2 is 2.04 bits per heavy atom. The van der Waals surface area contributed by atoms with Crippen LogP contribution in [-0.4, -0.2) is 47.3 Å². The third kappa shape index (κ3) is 3.58. The molecule has 3 rings (SSSR count). The smallest absolute Gasteiger partial charge is 0.410 e. The van der Waals surface area contributed by atoms with Crippen molar-refractivity contribution in [3.05, 3.63) is 24.3 Å². The molecule has 23 heavy (non-hydrogen) atoms. The zero-order chi connectivity index (χ0) is 16.6. The molecular weight excluding hydrogens is 310 g/mol. The minimum absolute atomic E-state index is 0.219. The topological polar surface area (TPSA) is 45.7 Å². The van der Waals surface area contributed by atoms with Crippen molar-refractivity contribution in [3.63, 3.8) is 0 Å². The molecule has 0 radical (unpaired) electrons. The van der Waals surface area contributed by atoms with Crippen LogP contribution in [0.25, 0.3) is 10.2 Å². The molecule has 0 bridgehead atoms. The summed E-state index contributed by atoms with van der Waals surface area (Å²) in [6.07, 6.45) is -0.228. The Morgan fingerprint density at radius 1 is 1.30 bits per heavy atom. The molecule has 1 aliphatic heterocycles.